The summed E-state index contributed by atoms with van der Waals surface area (Å²) in [4.78, 5) is 17.4. The number of amides is 1. The second-order valence-corrected chi connectivity index (χ2v) is 5.26. The van der Waals surface area contributed by atoms with Gasteiger partial charge in [-0.15, -0.1) is 0 Å². The highest BCUT2D eigenvalue weighted by atomic mass is 16.5. The molecule has 0 unspecified atom stereocenters. The Morgan fingerprint density at radius 1 is 1.10 bits per heavy atom. The Bertz CT molecular complexity index is 586. The maximum atomic E-state index is 12.1. The predicted molar refractivity (Wildman–Crippen MR) is 81.9 cm³/mol. The molecule has 0 saturated carbocycles. The lowest BCUT2D eigenvalue weighted by atomic mass is 10.2. The highest BCUT2D eigenvalue weighted by Crippen LogP contribution is 2.18. The maximum absolute atomic E-state index is 12.1. The van der Waals surface area contributed by atoms with Gasteiger partial charge in [0.1, 0.15) is 0 Å². The number of carbonyl (C=O) groups excluding carboxylic acids is 1. The van der Waals surface area contributed by atoms with Gasteiger partial charge in [0, 0.05) is 30.9 Å². The van der Waals surface area contributed by atoms with E-state index in [0.717, 1.165) is 30.9 Å². The van der Waals surface area contributed by atoms with Crippen molar-refractivity contribution in [1.29, 1.82) is 0 Å². The molecule has 0 aliphatic carbocycles. The zero-order valence-electron chi connectivity index (χ0n) is 12.0. The van der Waals surface area contributed by atoms with Gasteiger partial charge in [0.25, 0.3) is 0 Å². The summed E-state index contributed by atoms with van der Waals surface area (Å²) < 4.78 is 5.26. The summed E-state index contributed by atoms with van der Waals surface area (Å²) in [5.41, 5.74) is 3.38. The first-order valence-corrected chi connectivity index (χ1v) is 7.42. The van der Waals surface area contributed by atoms with Crippen molar-refractivity contribution in [3.05, 3.63) is 48.2 Å². The fourth-order valence-electron chi connectivity index (χ4n) is 2.58. The molecule has 3 rings (SSSR count). The van der Waals surface area contributed by atoms with Crippen LogP contribution in [0.2, 0.25) is 0 Å². The lowest BCUT2D eigenvalue weighted by molar-refractivity contribution is -0.135. The summed E-state index contributed by atoms with van der Waals surface area (Å²) in [5.74, 6) is 0.217. The number of hydrogen-bond acceptors (Lipinski definition) is 2. The number of morpholine rings is 1. The van der Waals surface area contributed by atoms with Gasteiger partial charge in [0.15, 0.2) is 0 Å². The number of H-pyrrole nitrogens is 1. The quantitative estimate of drug-likeness (QED) is 0.937. The van der Waals surface area contributed by atoms with Gasteiger partial charge in [-0.05, 0) is 24.1 Å². The van der Waals surface area contributed by atoms with E-state index in [0.29, 0.717) is 19.6 Å². The van der Waals surface area contributed by atoms with Crippen LogP contribution < -0.4 is 0 Å². The Hall–Kier alpha value is -2.07. The van der Waals surface area contributed by atoms with E-state index in [4.69, 9.17) is 4.74 Å². The Morgan fingerprint density at radius 3 is 2.62 bits per heavy atom. The molecule has 0 bridgehead atoms. The van der Waals surface area contributed by atoms with Crippen molar-refractivity contribution in [2.75, 3.05) is 26.3 Å². The van der Waals surface area contributed by atoms with Gasteiger partial charge in [-0.3, -0.25) is 4.79 Å². The zero-order chi connectivity index (χ0) is 14.5. The van der Waals surface area contributed by atoms with Crippen LogP contribution in [-0.2, 0) is 16.0 Å². The first-order chi connectivity index (χ1) is 10.3. The lowest BCUT2D eigenvalue weighted by Crippen LogP contribution is -2.40. The van der Waals surface area contributed by atoms with Gasteiger partial charge >= 0.3 is 0 Å². The third-order valence-corrected chi connectivity index (χ3v) is 3.80. The summed E-state index contributed by atoms with van der Waals surface area (Å²) in [6.07, 6.45) is 1.30. The molecule has 0 spiro atoms. The van der Waals surface area contributed by atoms with Crippen LogP contribution in [0.1, 0.15) is 12.1 Å². The largest absolute Gasteiger partial charge is 0.378 e. The first kappa shape index (κ1) is 13.9. The molecule has 1 saturated heterocycles. The van der Waals surface area contributed by atoms with Crippen molar-refractivity contribution in [2.24, 2.45) is 0 Å². The summed E-state index contributed by atoms with van der Waals surface area (Å²) in [6.45, 7) is 2.76. The SMILES string of the molecule is O=C(CCc1ccc(-c2ccccc2)[nH]1)N1CCOCC1. The second kappa shape index (κ2) is 6.59. The molecule has 1 fully saturated rings. The van der Waals surface area contributed by atoms with Gasteiger partial charge in [0.2, 0.25) is 5.91 Å². The van der Waals surface area contributed by atoms with E-state index >= 15 is 0 Å². The lowest BCUT2D eigenvalue weighted by Gasteiger charge is -2.26. The van der Waals surface area contributed by atoms with Crippen molar-refractivity contribution in [1.82, 2.24) is 9.88 Å². The molecule has 1 aromatic carbocycles. The normalized spacial score (nSPS) is 15.1. The molecule has 0 atom stereocenters. The first-order valence-electron chi connectivity index (χ1n) is 7.42. The molecular weight excluding hydrogens is 264 g/mol. The van der Waals surface area contributed by atoms with E-state index < -0.39 is 0 Å². The number of carbonyl (C=O) groups is 1. The Morgan fingerprint density at radius 2 is 1.86 bits per heavy atom. The van der Waals surface area contributed by atoms with E-state index in [9.17, 15) is 4.79 Å². The van der Waals surface area contributed by atoms with Crippen molar-refractivity contribution >= 4 is 5.91 Å². The van der Waals surface area contributed by atoms with Crippen LogP contribution in [0.25, 0.3) is 11.3 Å². The number of aryl methyl sites for hydroxylation is 1. The van der Waals surface area contributed by atoms with E-state index in [-0.39, 0.29) is 5.91 Å². The summed E-state index contributed by atoms with van der Waals surface area (Å²) in [7, 11) is 0. The van der Waals surface area contributed by atoms with E-state index in [1.807, 2.05) is 23.1 Å². The average molecular weight is 284 g/mol. The molecule has 1 aromatic heterocycles. The topological polar surface area (TPSA) is 45.3 Å². The van der Waals surface area contributed by atoms with Gasteiger partial charge in [-0.1, -0.05) is 30.3 Å². The number of nitrogens with zero attached hydrogens (tertiary/aromatic N) is 1. The van der Waals surface area contributed by atoms with Crippen LogP contribution in [0, 0.1) is 0 Å². The fourth-order valence-corrected chi connectivity index (χ4v) is 2.58. The molecule has 2 heterocycles. The molecular formula is C17H20N2O2. The Labute approximate surface area is 124 Å². The van der Waals surface area contributed by atoms with Crippen molar-refractivity contribution < 1.29 is 9.53 Å². The van der Waals surface area contributed by atoms with Crippen LogP contribution in [0.5, 0.6) is 0 Å². The third-order valence-electron chi connectivity index (χ3n) is 3.80. The van der Waals surface area contributed by atoms with Crippen molar-refractivity contribution in [3.8, 4) is 11.3 Å². The van der Waals surface area contributed by atoms with Gasteiger partial charge in [-0.2, -0.15) is 0 Å². The molecule has 2 aromatic rings. The molecule has 110 valence electrons. The maximum Gasteiger partial charge on any atom is 0.223 e. The number of aromatic amines is 1. The van der Waals surface area contributed by atoms with Crippen LogP contribution in [0.3, 0.4) is 0 Å². The predicted octanol–water partition coefficient (Wildman–Crippen LogP) is 2.47. The number of nitrogens with one attached hydrogen (secondary N) is 1. The number of hydrogen-bond donors (Lipinski definition) is 1. The molecule has 4 nitrogen and oxygen atoms in total. The molecule has 0 radical (unpaired) electrons. The van der Waals surface area contributed by atoms with Crippen molar-refractivity contribution in [2.45, 2.75) is 12.8 Å². The number of ether oxygens (including phenoxy) is 1. The number of benzene rings is 1. The fraction of sp³-hybridized carbons (Fsp3) is 0.353. The minimum Gasteiger partial charge on any atom is -0.378 e. The summed E-state index contributed by atoms with van der Waals surface area (Å²) in [5, 5.41) is 0. The molecule has 1 N–H and O–H groups in total. The highest BCUT2D eigenvalue weighted by molar-refractivity contribution is 5.76. The van der Waals surface area contributed by atoms with Crippen LogP contribution >= 0.6 is 0 Å². The standard InChI is InChI=1S/C17H20N2O2/c20-17(19-10-12-21-13-11-19)9-7-15-6-8-16(18-15)14-4-2-1-3-5-14/h1-6,8,18H,7,9-13H2. The van der Waals surface area contributed by atoms with E-state index in [2.05, 4.69) is 29.2 Å². The summed E-state index contributed by atoms with van der Waals surface area (Å²) in [6, 6.07) is 14.4. The second-order valence-electron chi connectivity index (χ2n) is 5.26. The van der Waals surface area contributed by atoms with Gasteiger partial charge in [0.05, 0.1) is 13.2 Å². The molecule has 1 amide bonds. The van der Waals surface area contributed by atoms with Gasteiger partial charge < -0.3 is 14.6 Å². The van der Waals surface area contributed by atoms with E-state index in [1.54, 1.807) is 0 Å². The van der Waals surface area contributed by atoms with E-state index in [1.165, 1.54) is 5.56 Å². The van der Waals surface area contributed by atoms with Gasteiger partial charge in [-0.25, -0.2) is 0 Å². The molecule has 21 heavy (non-hydrogen) atoms. The summed E-state index contributed by atoms with van der Waals surface area (Å²) >= 11 is 0. The molecule has 4 heteroatoms. The van der Waals surface area contributed by atoms with Crippen LogP contribution in [0.15, 0.2) is 42.5 Å². The smallest absolute Gasteiger partial charge is 0.223 e. The third kappa shape index (κ3) is 3.52. The zero-order valence-corrected chi connectivity index (χ0v) is 12.0. The number of aromatic nitrogens is 1. The molecule has 1 aliphatic heterocycles. The number of rotatable bonds is 4. The Balaban J connectivity index is 1.56. The minimum absolute atomic E-state index is 0.217. The van der Waals surface area contributed by atoms with Crippen LogP contribution in [-0.4, -0.2) is 42.1 Å². The van der Waals surface area contributed by atoms with Crippen molar-refractivity contribution in [3.63, 3.8) is 0 Å². The minimum atomic E-state index is 0.217. The monoisotopic (exact) mass is 284 g/mol. The average Bonchev–Trinajstić information content (AvgIpc) is 3.03. The molecule has 1 aliphatic rings. The van der Waals surface area contributed by atoms with Crippen LogP contribution in [0.4, 0.5) is 0 Å². The Kier molecular flexibility index (Phi) is 4.36. The highest BCUT2D eigenvalue weighted by Gasteiger charge is 2.16.